The van der Waals surface area contributed by atoms with Gasteiger partial charge < -0.3 is 0 Å². The van der Waals surface area contributed by atoms with Gasteiger partial charge in [0.15, 0.2) is 0 Å². The Morgan fingerprint density at radius 3 is 2.67 bits per heavy atom. The Morgan fingerprint density at radius 1 is 1.40 bits per heavy atom. The summed E-state index contributed by atoms with van der Waals surface area (Å²) in [6.45, 7) is 3.29. The van der Waals surface area contributed by atoms with E-state index in [0.717, 1.165) is 17.3 Å². The highest BCUT2D eigenvalue weighted by Gasteiger charge is 2.13. The Balaban J connectivity index is 2.67. The summed E-state index contributed by atoms with van der Waals surface area (Å²) < 4.78 is 0. The molecule has 0 fully saturated rings. The lowest BCUT2D eigenvalue weighted by molar-refractivity contribution is 0.278. The number of nitrogens with zero attached hydrogens (tertiary/aromatic N) is 1. The minimum absolute atomic E-state index is 0.380. The SMILES string of the molecule is CSCCN(C)C(C)c1ccccc1Cl. The third-order valence-corrected chi connectivity index (χ3v) is 3.60. The van der Waals surface area contributed by atoms with Gasteiger partial charge in [-0.05, 0) is 31.9 Å². The number of thioether (sulfide) groups is 1. The molecule has 0 spiro atoms. The van der Waals surface area contributed by atoms with Crippen LogP contribution in [0, 0.1) is 0 Å². The van der Waals surface area contributed by atoms with Crippen molar-refractivity contribution >= 4 is 23.4 Å². The van der Waals surface area contributed by atoms with Crippen LogP contribution in [0.5, 0.6) is 0 Å². The molecule has 1 nitrogen and oxygen atoms in total. The first-order valence-corrected chi connectivity index (χ1v) is 6.87. The van der Waals surface area contributed by atoms with Crippen molar-refractivity contribution in [2.75, 3.05) is 25.6 Å². The van der Waals surface area contributed by atoms with E-state index in [-0.39, 0.29) is 0 Å². The van der Waals surface area contributed by atoms with Crippen LogP contribution in [-0.4, -0.2) is 30.5 Å². The summed E-state index contributed by atoms with van der Waals surface area (Å²) in [6, 6.07) is 8.45. The topological polar surface area (TPSA) is 3.24 Å². The molecule has 0 aromatic heterocycles. The molecule has 1 aromatic carbocycles. The summed E-state index contributed by atoms with van der Waals surface area (Å²) in [6.07, 6.45) is 2.13. The Morgan fingerprint density at radius 2 is 2.07 bits per heavy atom. The molecule has 0 N–H and O–H groups in total. The van der Waals surface area contributed by atoms with Gasteiger partial charge >= 0.3 is 0 Å². The second-order valence-electron chi connectivity index (χ2n) is 3.67. The first-order chi connectivity index (χ1) is 7.16. The van der Waals surface area contributed by atoms with Crippen LogP contribution < -0.4 is 0 Å². The molecule has 3 heteroatoms. The zero-order chi connectivity index (χ0) is 11.3. The maximum atomic E-state index is 6.17. The van der Waals surface area contributed by atoms with E-state index in [1.807, 2.05) is 30.0 Å². The van der Waals surface area contributed by atoms with Crippen LogP contribution in [0.4, 0.5) is 0 Å². The van der Waals surface area contributed by atoms with Crippen molar-refractivity contribution in [3.05, 3.63) is 34.9 Å². The molecule has 0 saturated heterocycles. The summed E-state index contributed by atoms with van der Waals surface area (Å²) in [4.78, 5) is 2.33. The zero-order valence-electron chi connectivity index (χ0n) is 9.53. The molecule has 0 amide bonds. The summed E-state index contributed by atoms with van der Waals surface area (Å²) in [5, 5.41) is 0.862. The molecule has 1 atom stereocenters. The van der Waals surface area contributed by atoms with Gasteiger partial charge in [0, 0.05) is 23.4 Å². The van der Waals surface area contributed by atoms with Crippen LogP contribution in [0.3, 0.4) is 0 Å². The molecule has 15 heavy (non-hydrogen) atoms. The highest BCUT2D eigenvalue weighted by molar-refractivity contribution is 7.98. The molecule has 1 unspecified atom stereocenters. The van der Waals surface area contributed by atoms with Gasteiger partial charge in [0.25, 0.3) is 0 Å². The normalized spacial score (nSPS) is 13.1. The van der Waals surface area contributed by atoms with Gasteiger partial charge in [0.1, 0.15) is 0 Å². The molecule has 0 radical (unpaired) electrons. The van der Waals surface area contributed by atoms with Crippen molar-refractivity contribution in [3.63, 3.8) is 0 Å². The summed E-state index contributed by atoms with van der Waals surface area (Å²) in [5.41, 5.74) is 1.21. The van der Waals surface area contributed by atoms with Crippen molar-refractivity contribution in [2.45, 2.75) is 13.0 Å². The maximum Gasteiger partial charge on any atom is 0.0453 e. The van der Waals surface area contributed by atoms with Crippen molar-refractivity contribution in [1.82, 2.24) is 4.90 Å². The number of hydrogen-bond acceptors (Lipinski definition) is 2. The minimum atomic E-state index is 0.380. The molecule has 0 bridgehead atoms. The summed E-state index contributed by atoms with van der Waals surface area (Å²) >= 11 is 8.04. The average molecular weight is 244 g/mol. The van der Waals surface area contributed by atoms with Gasteiger partial charge in [-0.3, -0.25) is 4.90 Å². The Labute approximate surface area is 102 Å². The Kier molecular flexibility index (Phi) is 5.51. The third-order valence-electron chi connectivity index (χ3n) is 2.66. The number of halogens is 1. The van der Waals surface area contributed by atoms with Gasteiger partial charge in [-0.25, -0.2) is 0 Å². The van der Waals surface area contributed by atoms with Crippen molar-refractivity contribution in [3.8, 4) is 0 Å². The molecule has 0 aliphatic rings. The fourth-order valence-electron chi connectivity index (χ4n) is 1.48. The van der Waals surface area contributed by atoms with Crippen LogP contribution in [0.25, 0.3) is 0 Å². The lowest BCUT2D eigenvalue weighted by atomic mass is 10.1. The molecule has 0 heterocycles. The Hall–Kier alpha value is -0.180. The second kappa shape index (κ2) is 6.41. The van der Waals surface area contributed by atoms with E-state index in [1.54, 1.807) is 0 Å². The smallest absolute Gasteiger partial charge is 0.0453 e. The molecule has 0 aliphatic heterocycles. The molecule has 0 saturated carbocycles. The predicted octanol–water partition coefficient (Wildman–Crippen LogP) is 3.70. The van der Waals surface area contributed by atoms with E-state index >= 15 is 0 Å². The molecular weight excluding hydrogens is 226 g/mol. The quantitative estimate of drug-likeness (QED) is 0.776. The fourth-order valence-corrected chi connectivity index (χ4v) is 2.24. The number of hydrogen-bond donors (Lipinski definition) is 0. The van der Waals surface area contributed by atoms with E-state index in [4.69, 9.17) is 11.6 Å². The fraction of sp³-hybridized carbons (Fsp3) is 0.500. The van der Waals surface area contributed by atoms with Gasteiger partial charge in [-0.15, -0.1) is 0 Å². The van der Waals surface area contributed by atoms with Crippen molar-refractivity contribution in [2.24, 2.45) is 0 Å². The van der Waals surface area contributed by atoms with Crippen LogP contribution in [0.15, 0.2) is 24.3 Å². The molecule has 84 valence electrons. The van der Waals surface area contributed by atoms with E-state index < -0.39 is 0 Å². The lowest BCUT2D eigenvalue weighted by Gasteiger charge is -2.25. The van der Waals surface area contributed by atoms with Gasteiger partial charge in [0.2, 0.25) is 0 Å². The number of benzene rings is 1. The second-order valence-corrected chi connectivity index (χ2v) is 5.06. The molecule has 0 aliphatic carbocycles. The van der Waals surface area contributed by atoms with E-state index in [2.05, 4.69) is 31.2 Å². The van der Waals surface area contributed by atoms with Crippen LogP contribution in [0.1, 0.15) is 18.5 Å². The van der Waals surface area contributed by atoms with Crippen molar-refractivity contribution in [1.29, 1.82) is 0 Å². The van der Waals surface area contributed by atoms with Crippen LogP contribution >= 0.6 is 23.4 Å². The van der Waals surface area contributed by atoms with Crippen LogP contribution in [-0.2, 0) is 0 Å². The van der Waals surface area contributed by atoms with E-state index in [1.165, 1.54) is 5.56 Å². The highest BCUT2D eigenvalue weighted by Crippen LogP contribution is 2.25. The standard InChI is InChI=1S/C12H18ClNS/c1-10(14(2)8-9-15-3)11-6-4-5-7-12(11)13/h4-7,10H,8-9H2,1-3H3. The van der Waals surface area contributed by atoms with Gasteiger partial charge in [-0.2, -0.15) is 11.8 Å². The first kappa shape index (κ1) is 12.9. The molecule has 1 rings (SSSR count). The Bertz CT molecular complexity index is 303. The van der Waals surface area contributed by atoms with E-state index in [9.17, 15) is 0 Å². The minimum Gasteiger partial charge on any atom is -0.299 e. The van der Waals surface area contributed by atoms with E-state index in [0.29, 0.717) is 6.04 Å². The summed E-state index contributed by atoms with van der Waals surface area (Å²) in [5.74, 6) is 1.16. The van der Waals surface area contributed by atoms with Crippen molar-refractivity contribution < 1.29 is 0 Å². The maximum absolute atomic E-state index is 6.17. The monoisotopic (exact) mass is 243 g/mol. The van der Waals surface area contributed by atoms with Gasteiger partial charge in [-0.1, -0.05) is 29.8 Å². The van der Waals surface area contributed by atoms with Crippen LogP contribution in [0.2, 0.25) is 5.02 Å². The lowest BCUT2D eigenvalue weighted by Crippen LogP contribution is -2.25. The molecular formula is C12H18ClNS. The number of rotatable bonds is 5. The summed E-state index contributed by atoms with van der Waals surface area (Å²) in [7, 11) is 2.14. The zero-order valence-corrected chi connectivity index (χ0v) is 11.1. The third kappa shape index (κ3) is 3.71. The molecule has 1 aromatic rings. The largest absolute Gasteiger partial charge is 0.299 e. The predicted molar refractivity (Wildman–Crippen MR) is 70.9 cm³/mol. The highest BCUT2D eigenvalue weighted by atomic mass is 35.5. The average Bonchev–Trinajstić information content (AvgIpc) is 2.25. The van der Waals surface area contributed by atoms with Gasteiger partial charge in [0.05, 0.1) is 0 Å². The first-order valence-electron chi connectivity index (χ1n) is 5.10.